The second kappa shape index (κ2) is 9.82. The Kier molecular flexibility index (Phi) is 7.68. The Morgan fingerprint density at radius 1 is 1.24 bits per heavy atom. The zero-order valence-corrected chi connectivity index (χ0v) is 21.3. The van der Waals surface area contributed by atoms with Gasteiger partial charge >= 0.3 is 0 Å². The Labute approximate surface area is 202 Å². The van der Waals surface area contributed by atoms with E-state index in [1.54, 1.807) is 38.6 Å². The highest BCUT2D eigenvalue weighted by atomic mass is 32.2. The number of aliphatic hydroxyl groups excluding tert-OH is 1. The van der Waals surface area contributed by atoms with Crippen LogP contribution in [-0.2, 0) is 14.4 Å². The van der Waals surface area contributed by atoms with Crippen LogP contribution in [0.25, 0.3) is 0 Å². The monoisotopic (exact) mass is 477 g/mol. The Bertz CT molecular complexity index is 817. The van der Waals surface area contributed by atoms with Crippen molar-refractivity contribution in [3.8, 4) is 0 Å². The number of hydrogen-bond donors (Lipinski definition) is 1. The number of carbonyl (C=O) groups is 3. The van der Waals surface area contributed by atoms with Gasteiger partial charge in [-0.25, -0.2) is 0 Å². The molecule has 2 bridgehead atoms. The van der Waals surface area contributed by atoms with Crippen molar-refractivity contribution < 1.29 is 19.5 Å². The van der Waals surface area contributed by atoms with Gasteiger partial charge in [-0.3, -0.25) is 14.4 Å². The van der Waals surface area contributed by atoms with Gasteiger partial charge in [-0.2, -0.15) is 0 Å². The molecule has 3 amide bonds. The summed E-state index contributed by atoms with van der Waals surface area (Å²) in [7, 11) is 0. The number of fused-ring (bicyclic) bond motifs is 1. The van der Waals surface area contributed by atoms with E-state index in [2.05, 4.69) is 20.1 Å². The Balaban J connectivity index is 2.07. The van der Waals surface area contributed by atoms with E-state index in [1.807, 2.05) is 20.8 Å². The molecule has 8 heteroatoms. The van der Waals surface area contributed by atoms with Crippen molar-refractivity contribution in [2.45, 2.75) is 68.5 Å². The minimum atomic E-state index is -0.687. The molecule has 7 nitrogen and oxygen atoms in total. The third kappa shape index (κ3) is 4.03. The minimum Gasteiger partial charge on any atom is -0.395 e. The van der Waals surface area contributed by atoms with Crippen LogP contribution in [0.3, 0.4) is 0 Å². The summed E-state index contributed by atoms with van der Waals surface area (Å²) in [6.07, 6.45) is 5.74. The first kappa shape index (κ1) is 25.8. The van der Waals surface area contributed by atoms with Gasteiger partial charge in [0.2, 0.25) is 17.7 Å². The maximum Gasteiger partial charge on any atom is 0.247 e. The zero-order chi connectivity index (χ0) is 24.6. The lowest BCUT2D eigenvalue weighted by Gasteiger charge is -2.39. The molecule has 3 saturated heterocycles. The highest BCUT2D eigenvalue weighted by molar-refractivity contribution is 8.02. The van der Waals surface area contributed by atoms with Crippen LogP contribution in [0.1, 0.15) is 47.0 Å². The van der Waals surface area contributed by atoms with Crippen LogP contribution in [0, 0.1) is 11.8 Å². The largest absolute Gasteiger partial charge is 0.395 e. The molecule has 1 N–H and O–H groups in total. The zero-order valence-electron chi connectivity index (χ0n) is 20.5. The van der Waals surface area contributed by atoms with Crippen LogP contribution in [0.4, 0.5) is 0 Å². The molecule has 0 radical (unpaired) electrons. The normalized spacial score (nSPS) is 32.2. The van der Waals surface area contributed by atoms with Crippen molar-refractivity contribution in [3.05, 3.63) is 25.3 Å². The van der Waals surface area contributed by atoms with Gasteiger partial charge in [-0.05, 0) is 40.0 Å². The van der Waals surface area contributed by atoms with E-state index in [0.29, 0.717) is 26.1 Å². The molecule has 3 heterocycles. The van der Waals surface area contributed by atoms with Crippen molar-refractivity contribution in [1.82, 2.24) is 14.7 Å². The number of thioether (sulfide) groups is 1. The van der Waals surface area contributed by atoms with Crippen molar-refractivity contribution >= 4 is 29.5 Å². The highest BCUT2D eigenvalue weighted by Gasteiger charge is 2.77. The molecule has 184 valence electrons. The number of rotatable bonds is 11. The maximum absolute atomic E-state index is 13.9. The van der Waals surface area contributed by atoms with E-state index in [9.17, 15) is 19.5 Å². The van der Waals surface area contributed by atoms with E-state index < -0.39 is 27.4 Å². The van der Waals surface area contributed by atoms with Gasteiger partial charge in [0.1, 0.15) is 6.04 Å². The molecular weight excluding hydrogens is 438 g/mol. The molecule has 33 heavy (non-hydrogen) atoms. The highest BCUT2D eigenvalue weighted by Crippen LogP contribution is 2.71. The molecule has 5 atom stereocenters. The van der Waals surface area contributed by atoms with Crippen molar-refractivity contribution in [2.75, 3.05) is 32.8 Å². The summed E-state index contributed by atoms with van der Waals surface area (Å²) < 4.78 is -1.05. The van der Waals surface area contributed by atoms with Crippen molar-refractivity contribution in [1.29, 1.82) is 0 Å². The summed E-state index contributed by atoms with van der Waals surface area (Å²) in [5, 5.41) is 9.75. The number of carbonyl (C=O) groups excluding carboxylic acids is 3. The van der Waals surface area contributed by atoms with E-state index in [1.165, 1.54) is 0 Å². The van der Waals surface area contributed by atoms with Gasteiger partial charge in [-0.15, -0.1) is 24.9 Å². The molecule has 2 unspecified atom stereocenters. The fraction of sp³-hybridized carbons (Fsp3) is 0.720. The molecule has 1 spiro atoms. The number of likely N-dealkylation sites (tertiary alicyclic amines) is 1. The fourth-order valence-electron chi connectivity index (χ4n) is 6.19. The molecule has 3 aliphatic heterocycles. The van der Waals surface area contributed by atoms with Crippen LogP contribution in [0.2, 0.25) is 0 Å². The Morgan fingerprint density at radius 3 is 2.45 bits per heavy atom. The Morgan fingerprint density at radius 2 is 1.91 bits per heavy atom. The van der Waals surface area contributed by atoms with Gasteiger partial charge in [0.05, 0.1) is 23.2 Å². The van der Waals surface area contributed by atoms with E-state index >= 15 is 0 Å². The molecule has 3 rings (SSSR count). The lowest BCUT2D eigenvalue weighted by molar-refractivity contribution is -0.146. The number of nitrogens with zero attached hydrogens (tertiary/aromatic N) is 3. The first-order chi connectivity index (χ1) is 15.6. The summed E-state index contributed by atoms with van der Waals surface area (Å²) in [5.74, 6) is -1.35. The lowest BCUT2D eigenvalue weighted by atomic mass is 9.66. The second-order valence-corrected chi connectivity index (χ2v) is 11.8. The van der Waals surface area contributed by atoms with Crippen LogP contribution >= 0.6 is 11.8 Å². The average Bonchev–Trinajstić information content (AvgIpc) is 3.32. The molecule has 3 aliphatic rings. The quantitative estimate of drug-likeness (QED) is 0.462. The van der Waals surface area contributed by atoms with Crippen LogP contribution in [-0.4, -0.2) is 91.9 Å². The summed E-state index contributed by atoms with van der Waals surface area (Å²) >= 11 is 1.67. The molecular formula is C25H39N3O4S. The van der Waals surface area contributed by atoms with E-state index in [0.717, 1.165) is 12.8 Å². The van der Waals surface area contributed by atoms with Gasteiger partial charge in [0, 0.05) is 37.0 Å². The standard InChI is InChI=1S/C25H39N3O4S/c1-7-12-26(13-8-2)21(30)18-19-22(31)28(15-16-29)20(23(32)27(14-9-3)17(4)5)25(19)11-10-24(18,6)33-25/h7,9,17-20,29H,1,3,8,10-16H2,2,4-6H3/t18-,19+,20?,24+,25?/m1/s1. The number of aliphatic hydroxyl groups is 1. The van der Waals surface area contributed by atoms with E-state index in [-0.39, 0.29) is 36.9 Å². The maximum atomic E-state index is 13.9. The topological polar surface area (TPSA) is 81.2 Å². The molecule has 0 aromatic heterocycles. The smallest absolute Gasteiger partial charge is 0.247 e. The van der Waals surface area contributed by atoms with Crippen LogP contribution in [0.15, 0.2) is 25.3 Å². The first-order valence-corrected chi connectivity index (χ1v) is 12.9. The van der Waals surface area contributed by atoms with Crippen molar-refractivity contribution in [3.63, 3.8) is 0 Å². The van der Waals surface area contributed by atoms with Gasteiger partial charge in [-0.1, -0.05) is 19.1 Å². The molecule has 0 aliphatic carbocycles. The number of hydrogen-bond acceptors (Lipinski definition) is 5. The van der Waals surface area contributed by atoms with Crippen LogP contribution < -0.4 is 0 Å². The Hall–Kier alpha value is -1.80. The van der Waals surface area contributed by atoms with E-state index in [4.69, 9.17) is 0 Å². The third-order valence-electron chi connectivity index (χ3n) is 7.50. The lowest BCUT2D eigenvalue weighted by Crippen LogP contribution is -2.56. The number of amides is 3. The second-order valence-electron chi connectivity index (χ2n) is 9.93. The summed E-state index contributed by atoms with van der Waals surface area (Å²) in [6, 6.07) is -0.741. The van der Waals surface area contributed by atoms with Gasteiger partial charge in [0.25, 0.3) is 0 Å². The summed E-state index contributed by atoms with van der Waals surface area (Å²) in [4.78, 5) is 46.7. The van der Waals surface area contributed by atoms with Gasteiger partial charge < -0.3 is 19.8 Å². The molecule has 0 aromatic rings. The fourth-order valence-corrected chi connectivity index (χ4v) is 8.54. The van der Waals surface area contributed by atoms with Crippen LogP contribution in [0.5, 0.6) is 0 Å². The summed E-state index contributed by atoms with van der Waals surface area (Å²) in [6.45, 7) is 16.9. The van der Waals surface area contributed by atoms with Crippen molar-refractivity contribution in [2.24, 2.45) is 11.8 Å². The predicted octanol–water partition coefficient (Wildman–Crippen LogP) is 2.31. The molecule has 3 fully saturated rings. The summed E-state index contributed by atoms with van der Waals surface area (Å²) in [5.41, 5.74) is 0. The number of β-amino-alcohol motifs (C(OH)–C–C–N with tert-alkyl or cyclic N) is 1. The first-order valence-electron chi connectivity index (χ1n) is 12.1. The van der Waals surface area contributed by atoms with Gasteiger partial charge in [0.15, 0.2) is 0 Å². The molecule has 0 saturated carbocycles. The minimum absolute atomic E-state index is 0.0180. The predicted molar refractivity (Wildman–Crippen MR) is 132 cm³/mol. The third-order valence-corrected chi connectivity index (χ3v) is 9.49. The molecule has 0 aromatic carbocycles. The average molecular weight is 478 g/mol. The SMILES string of the molecule is C=CCN(CCC)C(=O)[C@H]1[C@H]2C(=O)N(CCO)C(C(=O)N(CC=C)C(C)C)C23CC[C@]1(C)S3.